The molecular weight excluding hydrogens is 313 g/mol. The van der Waals surface area contributed by atoms with Gasteiger partial charge in [-0.25, -0.2) is 0 Å². The van der Waals surface area contributed by atoms with Crippen molar-refractivity contribution in [2.45, 2.75) is 58.9 Å². The topological polar surface area (TPSA) is 32.5 Å². The van der Waals surface area contributed by atoms with Crippen molar-refractivity contribution in [2.24, 2.45) is 5.92 Å². The van der Waals surface area contributed by atoms with Crippen molar-refractivity contribution in [1.82, 2.24) is 9.80 Å². The minimum atomic E-state index is 0.707. The number of nitrogens with two attached hydrogens (primary N) is 1. The van der Waals surface area contributed by atoms with Crippen LogP contribution >= 0.6 is 0 Å². The molecule has 0 spiro atoms. The summed E-state index contributed by atoms with van der Waals surface area (Å²) < 4.78 is 13.0. The third-order valence-corrected chi connectivity index (χ3v) is 5.69. The Morgan fingerprint density at radius 3 is 2.52 bits per heavy atom. The number of halogens is 1. The van der Waals surface area contributed by atoms with Gasteiger partial charge in [0.15, 0.2) is 0 Å². The zero-order valence-corrected chi connectivity index (χ0v) is 16.6. The molecule has 1 atom stereocenters. The number of nitrogens with zero attached hydrogens (tertiary/aromatic N) is 2. The summed E-state index contributed by atoms with van der Waals surface area (Å²) in [6, 6.07) is 7.19. The van der Waals surface area contributed by atoms with Crippen LogP contribution < -0.4 is 5.73 Å². The van der Waals surface area contributed by atoms with E-state index < -0.39 is 0 Å². The minimum absolute atomic E-state index is 0.707. The Kier molecular flexibility index (Phi) is 8.70. The Labute approximate surface area is 155 Å². The van der Waals surface area contributed by atoms with Crippen LogP contribution in [-0.4, -0.2) is 50.5 Å². The zero-order chi connectivity index (χ0) is 19.5. The first-order chi connectivity index (χ1) is 12.7. The number of hydrogen-bond donors (Lipinski definition) is 1. The monoisotopic (exact) mass is 353 g/mol. The Morgan fingerprint density at radius 2 is 1.88 bits per heavy atom. The lowest BCUT2D eigenvalue weighted by atomic mass is 9.86. The van der Waals surface area contributed by atoms with Crippen molar-refractivity contribution < 1.29 is 4.72 Å². The standard InChI is InChI=1S/C19H31N3.C2H6.FH/c1-3-22(14-15-8-10-21(2)11-9-15)19-7-5-16-4-6-18(20)12-17(16)13-19;1-2;/h4,6,12,15,19H,3,5,7-11,13-14,20H2,1-2H3;1-2H3;1H/i/hT. The average molecular weight is 354 g/mol. The molecule has 0 amide bonds. The lowest BCUT2D eigenvalue weighted by Gasteiger charge is -2.38. The molecule has 3 nitrogen and oxygen atoms in total. The van der Waals surface area contributed by atoms with Gasteiger partial charge in [-0.15, -0.1) is 0 Å². The van der Waals surface area contributed by atoms with E-state index in [0.29, 0.717) is 6.04 Å². The second kappa shape index (κ2) is 10.8. The molecule has 4 heteroatoms. The summed E-state index contributed by atoms with van der Waals surface area (Å²) in [6.07, 6.45) is 6.43. The first-order valence-corrected chi connectivity index (χ1v) is 9.95. The van der Waals surface area contributed by atoms with E-state index in [9.17, 15) is 0 Å². The summed E-state index contributed by atoms with van der Waals surface area (Å²) >= 11 is 0. The first-order valence-electron chi connectivity index (χ1n) is 10.3. The molecule has 144 valence electrons. The highest BCUT2D eigenvalue weighted by atomic mass is 19.0. The predicted molar refractivity (Wildman–Crippen MR) is 108 cm³/mol. The van der Waals surface area contributed by atoms with Crippen molar-refractivity contribution in [1.29, 1.82) is 1.45 Å². The van der Waals surface area contributed by atoms with Crippen LogP contribution in [0.25, 0.3) is 0 Å². The molecule has 0 aromatic heterocycles. The van der Waals surface area contributed by atoms with E-state index in [1.54, 1.807) is 0 Å². The van der Waals surface area contributed by atoms with Crippen molar-refractivity contribution in [3.05, 3.63) is 29.3 Å². The van der Waals surface area contributed by atoms with Gasteiger partial charge >= 0.3 is 0 Å². The molecule has 1 aliphatic heterocycles. The molecule has 1 heterocycles. The van der Waals surface area contributed by atoms with Crippen molar-refractivity contribution >= 4 is 5.69 Å². The maximum absolute atomic E-state index is 8.75. The summed E-state index contributed by atoms with van der Waals surface area (Å²) in [5.41, 5.74) is 9.89. The number of hydrogen-bond acceptors (Lipinski definition) is 3. The van der Waals surface area contributed by atoms with Crippen LogP contribution in [0.2, 0.25) is 0 Å². The van der Waals surface area contributed by atoms with Gasteiger partial charge in [-0.05, 0) is 88.0 Å². The number of anilines is 1. The molecular formula is C21H38FN3. The number of rotatable bonds is 4. The van der Waals surface area contributed by atoms with E-state index in [2.05, 4.69) is 43.4 Å². The lowest BCUT2D eigenvalue weighted by molar-refractivity contribution is 0.124. The fourth-order valence-electron chi connectivity index (χ4n) is 4.18. The predicted octanol–water partition coefficient (Wildman–Crippen LogP) is 3.97. The average Bonchev–Trinajstić information content (AvgIpc) is 2.70. The van der Waals surface area contributed by atoms with Crippen molar-refractivity contribution in [2.75, 3.05) is 39.0 Å². The van der Waals surface area contributed by atoms with Gasteiger partial charge in [0.1, 0.15) is 0 Å². The van der Waals surface area contributed by atoms with Gasteiger partial charge in [-0.3, -0.25) is 4.72 Å². The number of likely N-dealkylation sites (N-methyl/N-ethyl adjacent to an activating group) is 1. The molecule has 1 unspecified atom stereocenters. The summed E-state index contributed by atoms with van der Waals surface area (Å²) in [4.78, 5) is 5.20. The first kappa shape index (κ1) is 20.2. The summed E-state index contributed by atoms with van der Waals surface area (Å²) in [5.74, 6) is 0.887. The van der Waals surface area contributed by atoms with Gasteiger partial charge in [-0.1, -0.05) is 26.8 Å². The maximum atomic E-state index is 8.75. The molecule has 25 heavy (non-hydrogen) atoms. The molecule has 0 saturated carbocycles. The molecule has 1 fully saturated rings. The third-order valence-electron chi connectivity index (χ3n) is 5.69. The SMILES string of the molecule is CC.CCN(CC1CCN(C)CC1)C1CCc2ccc(N)cc2C1.[3H]F. The Morgan fingerprint density at radius 1 is 1.20 bits per heavy atom. The Balaban J connectivity index is 0.000000791. The van der Waals surface area contributed by atoms with Gasteiger partial charge in [0.05, 0.1) is 0 Å². The van der Waals surface area contributed by atoms with E-state index >= 15 is 0 Å². The van der Waals surface area contributed by atoms with Gasteiger partial charge in [0, 0.05) is 18.3 Å². The number of likely N-dealkylation sites (tertiary alicyclic amines) is 1. The minimum Gasteiger partial charge on any atom is -0.399 e. The summed E-state index contributed by atoms with van der Waals surface area (Å²) in [6.45, 7) is 11.3. The molecule has 0 bridgehead atoms. The zero-order valence-electron chi connectivity index (χ0n) is 17.6. The number of fused-ring (bicyclic) bond motifs is 1. The van der Waals surface area contributed by atoms with Gasteiger partial charge < -0.3 is 15.5 Å². The molecule has 1 aromatic rings. The fraction of sp³-hybridized carbons (Fsp3) is 0.714. The number of aryl methyl sites for hydroxylation is 1. The van der Waals surface area contributed by atoms with E-state index in [-0.39, 0.29) is 0 Å². The molecule has 2 N–H and O–H groups in total. The van der Waals surface area contributed by atoms with Crippen LogP contribution in [0, 0.1) is 5.92 Å². The summed E-state index contributed by atoms with van der Waals surface area (Å²) in [7, 11) is 2.25. The number of piperidine rings is 1. The van der Waals surface area contributed by atoms with Crippen LogP contribution in [0.4, 0.5) is 10.4 Å². The second-order valence-electron chi connectivity index (χ2n) is 7.26. The third kappa shape index (κ3) is 5.96. The lowest BCUT2D eigenvalue weighted by Crippen LogP contribution is -2.44. The van der Waals surface area contributed by atoms with E-state index in [1.807, 2.05) is 13.8 Å². The molecule has 1 aliphatic carbocycles. The van der Waals surface area contributed by atoms with Crippen LogP contribution in [0.3, 0.4) is 0 Å². The van der Waals surface area contributed by atoms with Gasteiger partial charge in [0.25, 0.3) is 1.45 Å². The van der Waals surface area contributed by atoms with E-state index in [0.717, 1.165) is 11.6 Å². The van der Waals surface area contributed by atoms with Crippen LogP contribution in [0.1, 0.15) is 51.2 Å². The Bertz CT molecular complexity index is 504. The van der Waals surface area contributed by atoms with Gasteiger partial charge in [0.2, 0.25) is 0 Å². The molecule has 2 aliphatic rings. The highest BCUT2D eigenvalue weighted by molar-refractivity contribution is 5.46. The largest absolute Gasteiger partial charge is 0.399 e. The molecule has 1 saturated heterocycles. The molecule has 3 rings (SSSR count). The molecule has 0 radical (unpaired) electrons. The Hall–Kier alpha value is -1.13. The number of nitrogen functional groups attached to an aromatic ring is 1. The second-order valence-corrected chi connectivity index (χ2v) is 7.26. The fourth-order valence-corrected chi connectivity index (χ4v) is 4.18. The smallest absolute Gasteiger partial charge is 0.269 e. The quantitative estimate of drug-likeness (QED) is 0.832. The van der Waals surface area contributed by atoms with Crippen molar-refractivity contribution in [3.63, 3.8) is 0 Å². The number of benzene rings is 1. The summed E-state index contributed by atoms with van der Waals surface area (Å²) in [5, 5.41) is 0. The highest BCUT2D eigenvalue weighted by Crippen LogP contribution is 2.28. The van der Waals surface area contributed by atoms with E-state index in [1.165, 1.54) is 69.4 Å². The van der Waals surface area contributed by atoms with Crippen molar-refractivity contribution in [3.8, 4) is 0 Å². The van der Waals surface area contributed by atoms with Crippen LogP contribution in [-0.2, 0) is 12.8 Å². The van der Waals surface area contributed by atoms with E-state index in [4.69, 9.17) is 10.5 Å². The molecule has 1 aromatic carbocycles. The van der Waals surface area contributed by atoms with Crippen LogP contribution in [0.5, 0.6) is 0 Å². The maximum Gasteiger partial charge on any atom is 0.269 e. The van der Waals surface area contributed by atoms with Crippen LogP contribution in [0.15, 0.2) is 18.2 Å². The normalized spacial score (nSPS) is 21.4. The van der Waals surface area contributed by atoms with Gasteiger partial charge in [-0.2, -0.15) is 0 Å². The highest BCUT2D eigenvalue weighted by Gasteiger charge is 2.26.